The minimum Gasteiger partial charge on any atom is -0.482 e. The van der Waals surface area contributed by atoms with E-state index in [4.69, 9.17) is 4.74 Å². The SMILES string of the molecule is Cc1ccc(OCC(F)(F)F)c(Nc2nccn(-c3ccc(CCc4nn[nH]n4)cc3)c2=O)c1. The zero-order valence-corrected chi connectivity index (χ0v) is 18.0. The highest BCUT2D eigenvalue weighted by atomic mass is 19.4. The standard InChI is InChI=1S/C22H20F3N7O2/c1-14-2-8-18(34-13-22(23,24)25)17(12-14)27-20-21(33)32(11-10-26-20)16-6-3-15(4-7-16)5-9-19-28-30-31-29-19/h2-4,6-8,10-12H,5,9,13H2,1H3,(H,26,27)(H,28,29,30,31). The first kappa shape index (κ1) is 23.0. The highest BCUT2D eigenvalue weighted by molar-refractivity contribution is 5.65. The summed E-state index contributed by atoms with van der Waals surface area (Å²) in [5.41, 5.74) is 2.15. The number of alkyl halides is 3. The number of ether oxygens (including phenoxy) is 1. The number of rotatable bonds is 8. The van der Waals surface area contributed by atoms with Crippen LogP contribution in [0.4, 0.5) is 24.7 Å². The molecule has 0 radical (unpaired) electrons. The van der Waals surface area contributed by atoms with Crippen LogP contribution in [0.15, 0.2) is 59.7 Å². The zero-order valence-electron chi connectivity index (χ0n) is 18.0. The van der Waals surface area contributed by atoms with Gasteiger partial charge in [0.1, 0.15) is 5.75 Å². The minimum absolute atomic E-state index is 0.0366. The van der Waals surface area contributed by atoms with E-state index in [1.165, 1.54) is 23.0 Å². The van der Waals surface area contributed by atoms with Crippen molar-refractivity contribution in [3.63, 3.8) is 0 Å². The molecule has 0 fully saturated rings. The molecular formula is C22H20F3N7O2. The second kappa shape index (κ2) is 9.73. The summed E-state index contributed by atoms with van der Waals surface area (Å²) < 4.78 is 44.1. The second-order valence-corrected chi connectivity index (χ2v) is 7.47. The maximum atomic E-state index is 13.0. The molecule has 0 saturated heterocycles. The fourth-order valence-corrected chi connectivity index (χ4v) is 3.22. The van der Waals surface area contributed by atoms with Gasteiger partial charge >= 0.3 is 6.18 Å². The fraction of sp³-hybridized carbons (Fsp3) is 0.227. The van der Waals surface area contributed by atoms with Crippen LogP contribution >= 0.6 is 0 Å². The van der Waals surface area contributed by atoms with Crippen molar-refractivity contribution in [3.8, 4) is 11.4 Å². The molecule has 0 aliphatic carbocycles. The molecule has 2 heterocycles. The Bertz CT molecular complexity index is 1300. The molecule has 34 heavy (non-hydrogen) atoms. The third kappa shape index (κ3) is 5.77. The van der Waals surface area contributed by atoms with E-state index in [9.17, 15) is 18.0 Å². The van der Waals surface area contributed by atoms with E-state index in [1.807, 2.05) is 12.1 Å². The lowest BCUT2D eigenvalue weighted by Gasteiger charge is -2.15. The molecule has 4 rings (SSSR count). The maximum Gasteiger partial charge on any atom is 0.422 e. The molecule has 2 aromatic carbocycles. The molecule has 0 unspecified atom stereocenters. The molecule has 4 aromatic rings. The van der Waals surface area contributed by atoms with Gasteiger partial charge in [0, 0.05) is 24.5 Å². The van der Waals surface area contributed by atoms with Crippen molar-refractivity contribution in [2.24, 2.45) is 0 Å². The van der Waals surface area contributed by atoms with Gasteiger partial charge in [-0.15, -0.1) is 10.2 Å². The van der Waals surface area contributed by atoms with Gasteiger partial charge in [-0.2, -0.15) is 18.4 Å². The molecule has 2 aromatic heterocycles. The number of nitrogens with zero attached hydrogens (tertiary/aromatic N) is 5. The average molecular weight is 471 g/mol. The third-order valence-electron chi connectivity index (χ3n) is 4.86. The quantitative estimate of drug-likeness (QED) is 0.405. The molecule has 0 spiro atoms. The van der Waals surface area contributed by atoms with E-state index in [0.29, 0.717) is 24.4 Å². The Kier molecular flexibility index (Phi) is 6.57. The van der Waals surface area contributed by atoms with Gasteiger partial charge in [-0.25, -0.2) is 4.98 Å². The van der Waals surface area contributed by atoms with Crippen LogP contribution in [0.5, 0.6) is 5.75 Å². The van der Waals surface area contributed by atoms with Crippen LogP contribution in [0, 0.1) is 6.92 Å². The number of aryl methyl sites for hydroxylation is 3. The van der Waals surface area contributed by atoms with Crippen LogP contribution in [-0.2, 0) is 12.8 Å². The van der Waals surface area contributed by atoms with Crippen LogP contribution in [0.1, 0.15) is 17.0 Å². The van der Waals surface area contributed by atoms with E-state index >= 15 is 0 Å². The Hall–Kier alpha value is -4.22. The third-order valence-corrected chi connectivity index (χ3v) is 4.86. The van der Waals surface area contributed by atoms with E-state index in [0.717, 1.165) is 11.1 Å². The number of aromatic nitrogens is 6. The molecule has 176 valence electrons. The van der Waals surface area contributed by atoms with Crippen LogP contribution in [0.3, 0.4) is 0 Å². The van der Waals surface area contributed by atoms with E-state index < -0.39 is 18.3 Å². The van der Waals surface area contributed by atoms with E-state index in [1.54, 1.807) is 31.2 Å². The molecule has 9 nitrogen and oxygen atoms in total. The zero-order chi connectivity index (χ0) is 24.1. The largest absolute Gasteiger partial charge is 0.482 e. The summed E-state index contributed by atoms with van der Waals surface area (Å²) >= 11 is 0. The Morgan fingerprint density at radius 3 is 2.62 bits per heavy atom. The number of aromatic amines is 1. The molecule has 12 heteroatoms. The van der Waals surface area contributed by atoms with Gasteiger partial charge in [0.15, 0.2) is 18.2 Å². The molecule has 0 aliphatic rings. The molecule has 0 aliphatic heterocycles. The Morgan fingerprint density at radius 2 is 1.91 bits per heavy atom. The van der Waals surface area contributed by atoms with Gasteiger partial charge in [-0.3, -0.25) is 9.36 Å². The van der Waals surface area contributed by atoms with Gasteiger partial charge in [0.05, 0.1) is 5.69 Å². The summed E-state index contributed by atoms with van der Waals surface area (Å²) in [5, 5.41) is 16.6. The fourth-order valence-electron chi connectivity index (χ4n) is 3.22. The van der Waals surface area contributed by atoms with Crippen LogP contribution < -0.4 is 15.6 Å². The maximum absolute atomic E-state index is 13.0. The van der Waals surface area contributed by atoms with Gasteiger partial charge in [0.2, 0.25) is 0 Å². The van der Waals surface area contributed by atoms with Crippen LogP contribution in [0.25, 0.3) is 5.69 Å². The number of tetrazole rings is 1. The van der Waals surface area contributed by atoms with E-state index in [-0.39, 0.29) is 17.3 Å². The first-order valence-corrected chi connectivity index (χ1v) is 10.2. The molecule has 0 saturated carbocycles. The summed E-state index contributed by atoms with van der Waals surface area (Å²) in [7, 11) is 0. The average Bonchev–Trinajstić information content (AvgIpc) is 3.32. The lowest BCUT2D eigenvalue weighted by Crippen LogP contribution is -2.22. The van der Waals surface area contributed by atoms with Gasteiger partial charge < -0.3 is 10.1 Å². The molecule has 0 bridgehead atoms. The number of hydrogen-bond donors (Lipinski definition) is 2. The number of hydrogen-bond acceptors (Lipinski definition) is 7. The summed E-state index contributed by atoms with van der Waals surface area (Å²) in [5.74, 6) is 0.525. The molecule has 2 N–H and O–H groups in total. The lowest BCUT2D eigenvalue weighted by atomic mass is 10.1. The number of halogens is 3. The molecule has 0 atom stereocenters. The minimum atomic E-state index is -4.49. The number of anilines is 2. The number of H-pyrrole nitrogens is 1. The number of nitrogens with one attached hydrogen (secondary N) is 2. The Labute approximate surface area is 191 Å². The Balaban J connectivity index is 1.54. The topological polar surface area (TPSA) is 111 Å². The number of benzene rings is 2. The van der Waals surface area contributed by atoms with Crippen molar-refractivity contribution in [1.82, 2.24) is 30.2 Å². The van der Waals surface area contributed by atoms with Crippen molar-refractivity contribution in [2.45, 2.75) is 25.9 Å². The first-order chi connectivity index (χ1) is 16.3. The van der Waals surface area contributed by atoms with Crippen molar-refractivity contribution >= 4 is 11.5 Å². The normalized spacial score (nSPS) is 11.4. The molecular weight excluding hydrogens is 451 g/mol. The monoisotopic (exact) mass is 471 g/mol. The highest BCUT2D eigenvalue weighted by Crippen LogP contribution is 2.29. The van der Waals surface area contributed by atoms with Gasteiger partial charge in [0.25, 0.3) is 5.56 Å². The smallest absolute Gasteiger partial charge is 0.422 e. The van der Waals surface area contributed by atoms with Crippen molar-refractivity contribution in [2.75, 3.05) is 11.9 Å². The summed E-state index contributed by atoms with van der Waals surface area (Å²) in [6.07, 6.45) is -0.225. The van der Waals surface area contributed by atoms with Gasteiger partial charge in [-0.05, 0) is 48.7 Å². The summed E-state index contributed by atoms with van der Waals surface area (Å²) in [6.45, 7) is 0.325. The predicted molar refractivity (Wildman–Crippen MR) is 117 cm³/mol. The Morgan fingerprint density at radius 1 is 1.12 bits per heavy atom. The summed E-state index contributed by atoms with van der Waals surface area (Å²) in [6, 6.07) is 12.0. The van der Waals surface area contributed by atoms with Crippen molar-refractivity contribution < 1.29 is 17.9 Å². The van der Waals surface area contributed by atoms with Crippen LogP contribution in [-0.4, -0.2) is 43.0 Å². The summed E-state index contributed by atoms with van der Waals surface area (Å²) in [4.78, 5) is 17.1. The predicted octanol–water partition coefficient (Wildman–Crippen LogP) is 3.52. The lowest BCUT2D eigenvalue weighted by molar-refractivity contribution is -0.153. The van der Waals surface area contributed by atoms with Gasteiger partial charge in [-0.1, -0.05) is 23.4 Å². The first-order valence-electron chi connectivity index (χ1n) is 10.2. The second-order valence-electron chi connectivity index (χ2n) is 7.47. The van der Waals surface area contributed by atoms with Crippen LogP contribution in [0.2, 0.25) is 0 Å². The highest BCUT2D eigenvalue weighted by Gasteiger charge is 2.29. The van der Waals surface area contributed by atoms with Crippen molar-refractivity contribution in [1.29, 1.82) is 0 Å². The molecule has 0 amide bonds. The van der Waals surface area contributed by atoms with E-state index in [2.05, 4.69) is 30.9 Å². The van der Waals surface area contributed by atoms with Crippen molar-refractivity contribution in [3.05, 3.63) is 82.2 Å².